The normalized spacial score (nSPS) is 38.2. The van der Waals surface area contributed by atoms with Gasteiger partial charge in [-0.1, -0.05) is 25.7 Å². The van der Waals surface area contributed by atoms with Crippen LogP contribution in [0.3, 0.4) is 0 Å². The van der Waals surface area contributed by atoms with Crippen LogP contribution >= 0.6 is 0 Å². The maximum absolute atomic E-state index is 11.6. The highest BCUT2D eigenvalue weighted by atomic mass is 32.2. The van der Waals surface area contributed by atoms with Crippen molar-refractivity contribution in [1.29, 1.82) is 0 Å². The molecule has 2 aliphatic carbocycles. The average Bonchev–Trinajstić information content (AvgIpc) is 2.61. The van der Waals surface area contributed by atoms with E-state index >= 15 is 0 Å². The van der Waals surface area contributed by atoms with Crippen molar-refractivity contribution in [3.8, 4) is 0 Å². The molecule has 14 heavy (non-hydrogen) atoms. The van der Waals surface area contributed by atoms with Crippen LogP contribution < -0.4 is 4.72 Å². The molecule has 2 aliphatic rings. The number of rotatable bonds is 2. The highest BCUT2D eigenvalue weighted by Gasteiger charge is 2.40. The van der Waals surface area contributed by atoms with Crippen molar-refractivity contribution in [2.75, 3.05) is 7.05 Å². The van der Waals surface area contributed by atoms with Crippen LogP contribution in [0.15, 0.2) is 0 Å². The summed E-state index contributed by atoms with van der Waals surface area (Å²) in [5, 5.41) is -0.111. The Kier molecular flexibility index (Phi) is 2.84. The molecule has 82 valence electrons. The molecule has 2 rings (SSSR count). The monoisotopic (exact) mass is 217 g/mol. The number of nitrogens with one attached hydrogen (secondary N) is 1. The quantitative estimate of drug-likeness (QED) is 0.762. The van der Waals surface area contributed by atoms with Crippen molar-refractivity contribution in [3.63, 3.8) is 0 Å². The lowest BCUT2D eigenvalue weighted by molar-refractivity contribution is 0.277. The Hall–Kier alpha value is -0.0900. The van der Waals surface area contributed by atoms with Crippen LogP contribution in [-0.2, 0) is 10.0 Å². The highest BCUT2D eigenvalue weighted by molar-refractivity contribution is 7.90. The third-order valence-corrected chi connectivity index (χ3v) is 5.75. The van der Waals surface area contributed by atoms with E-state index in [9.17, 15) is 8.42 Å². The molecule has 0 radical (unpaired) electrons. The van der Waals surface area contributed by atoms with Crippen LogP contribution in [0.4, 0.5) is 0 Å². The van der Waals surface area contributed by atoms with Gasteiger partial charge in [-0.2, -0.15) is 0 Å². The molecule has 2 saturated carbocycles. The number of hydrogen-bond donors (Lipinski definition) is 1. The zero-order chi connectivity index (χ0) is 10.2. The topological polar surface area (TPSA) is 46.2 Å². The van der Waals surface area contributed by atoms with Crippen LogP contribution in [0.1, 0.15) is 38.5 Å². The predicted octanol–water partition coefficient (Wildman–Crippen LogP) is 1.50. The van der Waals surface area contributed by atoms with E-state index < -0.39 is 10.0 Å². The molecule has 4 heteroatoms. The fraction of sp³-hybridized carbons (Fsp3) is 1.00. The number of fused-ring (bicyclic) bond motifs is 1. The molecule has 0 aromatic heterocycles. The molecule has 0 saturated heterocycles. The second kappa shape index (κ2) is 3.81. The van der Waals surface area contributed by atoms with E-state index in [4.69, 9.17) is 0 Å². The first-order chi connectivity index (χ1) is 6.63. The van der Waals surface area contributed by atoms with Gasteiger partial charge in [0.05, 0.1) is 5.25 Å². The van der Waals surface area contributed by atoms with Gasteiger partial charge in [0, 0.05) is 0 Å². The maximum atomic E-state index is 11.6. The molecular formula is C10H19NO2S. The summed E-state index contributed by atoms with van der Waals surface area (Å²) in [7, 11) is -1.48. The second-order valence-corrected chi connectivity index (χ2v) is 6.81. The van der Waals surface area contributed by atoms with Crippen molar-refractivity contribution < 1.29 is 8.42 Å². The summed E-state index contributed by atoms with van der Waals surface area (Å²) in [4.78, 5) is 0. The summed E-state index contributed by atoms with van der Waals surface area (Å²) in [5.41, 5.74) is 0. The van der Waals surface area contributed by atoms with E-state index in [1.807, 2.05) is 0 Å². The number of sulfonamides is 1. The van der Waals surface area contributed by atoms with Gasteiger partial charge in [-0.25, -0.2) is 13.1 Å². The van der Waals surface area contributed by atoms with E-state index in [1.165, 1.54) is 32.7 Å². The summed E-state index contributed by atoms with van der Waals surface area (Å²) in [6.07, 6.45) is 6.89. The minimum Gasteiger partial charge on any atom is -0.218 e. The van der Waals surface area contributed by atoms with Gasteiger partial charge < -0.3 is 0 Å². The van der Waals surface area contributed by atoms with E-state index in [0.717, 1.165) is 12.8 Å². The zero-order valence-corrected chi connectivity index (χ0v) is 9.52. The van der Waals surface area contributed by atoms with Gasteiger partial charge in [0.25, 0.3) is 0 Å². The Labute approximate surface area is 86.3 Å². The van der Waals surface area contributed by atoms with E-state index in [0.29, 0.717) is 11.8 Å². The Morgan fingerprint density at radius 3 is 2.00 bits per heavy atom. The molecular weight excluding hydrogens is 198 g/mol. The van der Waals surface area contributed by atoms with Gasteiger partial charge in [-0.3, -0.25) is 0 Å². The van der Waals surface area contributed by atoms with Crippen LogP contribution in [0, 0.1) is 11.8 Å². The molecule has 3 nitrogen and oxygen atoms in total. The molecule has 2 unspecified atom stereocenters. The van der Waals surface area contributed by atoms with Crippen LogP contribution in [0.25, 0.3) is 0 Å². The van der Waals surface area contributed by atoms with Gasteiger partial charge >= 0.3 is 0 Å². The SMILES string of the molecule is CNS(=O)(=O)C1CC2CCCCC2C1. The fourth-order valence-electron chi connectivity index (χ4n) is 3.10. The minimum atomic E-state index is -3.01. The van der Waals surface area contributed by atoms with E-state index in [2.05, 4.69) is 4.72 Å². The Morgan fingerprint density at radius 1 is 1.07 bits per heavy atom. The molecule has 2 fully saturated rings. The molecule has 0 aromatic rings. The molecule has 0 aromatic carbocycles. The minimum absolute atomic E-state index is 0.111. The average molecular weight is 217 g/mol. The lowest BCUT2D eigenvalue weighted by atomic mass is 9.82. The first kappa shape index (κ1) is 10.4. The van der Waals surface area contributed by atoms with Crippen LogP contribution in [0.5, 0.6) is 0 Å². The lowest BCUT2D eigenvalue weighted by Gasteiger charge is -2.24. The fourth-order valence-corrected chi connectivity index (χ4v) is 4.43. The Bertz CT molecular complexity index is 285. The number of hydrogen-bond acceptors (Lipinski definition) is 2. The van der Waals surface area contributed by atoms with Gasteiger partial charge in [0.15, 0.2) is 0 Å². The molecule has 1 N–H and O–H groups in total. The molecule has 0 amide bonds. The third kappa shape index (κ3) is 1.82. The molecule has 0 bridgehead atoms. The molecule has 0 aliphatic heterocycles. The molecule has 0 spiro atoms. The van der Waals surface area contributed by atoms with Crippen LogP contribution in [-0.4, -0.2) is 20.7 Å². The Balaban J connectivity index is 2.06. The third-order valence-electron chi connectivity index (χ3n) is 3.92. The van der Waals surface area contributed by atoms with Crippen molar-refractivity contribution >= 4 is 10.0 Å². The lowest BCUT2D eigenvalue weighted by Crippen LogP contribution is -2.30. The summed E-state index contributed by atoms with van der Waals surface area (Å²) in [6.45, 7) is 0. The Morgan fingerprint density at radius 2 is 1.57 bits per heavy atom. The highest BCUT2D eigenvalue weighted by Crippen LogP contribution is 2.44. The van der Waals surface area contributed by atoms with Gasteiger partial charge in [0.2, 0.25) is 10.0 Å². The van der Waals surface area contributed by atoms with Crippen molar-refractivity contribution in [2.24, 2.45) is 11.8 Å². The van der Waals surface area contributed by atoms with Crippen molar-refractivity contribution in [2.45, 2.75) is 43.8 Å². The predicted molar refractivity (Wildman–Crippen MR) is 56.4 cm³/mol. The first-order valence-corrected chi connectivity index (χ1v) is 7.10. The van der Waals surface area contributed by atoms with E-state index in [1.54, 1.807) is 0 Å². The summed E-state index contributed by atoms with van der Waals surface area (Å²) in [5.74, 6) is 1.38. The standard InChI is InChI=1S/C10H19NO2S/c1-11-14(12,13)10-6-8-4-2-3-5-9(8)7-10/h8-11H,2-7H2,1H3. The summed E-state index contributed by atoms with van der Waals surface area (Å²) >= 11 is 0. The summed E-state index contributed by atoms with van der Waals surface area (Å²) < 4.78 is 25.7. The van der Waals surface area contributed by atoms with Crippen molar-refractivity contribution in [1.82, 2.24) is 4.72 Å². The zero-order valence-electron chi connectivity index (χ0n) is 8.70. The van der Waals surface area contributed by atoms with E-state index in [-0.39, 0.29) is 5.25 Å². The molecule has 2 atom stereocenters. The van der Waals surface area contributed by atoms with Crippen molar-refractivity contribution in [3.05, 3.63) is 0 Å². The van der Waals surface area contributed by atoms with Crippen LogP contribution in [0.2, 0.25) is 0 Å². The summed E-state index contributed by atoms with van der Waals surface area (Å²) in [6, 6.07) is 0. The van der Waals surface area contributed by atoms with Gasteiger partial charge in [-0.15, -0.1) is 0 Å². The largest absolute Gasteiger partial charge is 0.218 e. The molecule has 0 heterocycles. The first-order valence-electron chi connectivity index (χ1n) is 5.56. The smallest absolute Gasteiger partial charge is 0.214 e. The van der Waals surface area contributed by atoms with Gasteiger partial charge in [-0.05, 0) is 31.7 Å². The van der Waals surface area contributed by atoms with Gasteiger partial charge in [0.1, 0.15) is 0 Å². The second-order valence-electron chi connectivity index (χ2n) is 4.65. The maximum Gasteiger partial charge on any atom is 0.214 e.